The number of carbonyl (C=O) groups is 1. The Bertz CT molecular complexity index is 717. The maximum Gasteiger partial charge on any atom is 0.273 e. The highest BCUT2D eigenvalue weighted by Crippen LogP contribution is 2.28. The molecule has 0 saturated carbocycles. The van der Waals surface area contributed by atoms with Gasteiger partial charge in [-0.05, 0) is 39.9 Å². The molecule has 0 aromatic carbocycles. The number of rotatable bonds is 7. The Morgan fingerprint density at radius 3 is 2.81 bits per heavy atom. The normalized spacial score (nSPS) is 15.6. The highest BCUT2D eigenvalue weighted by atomic mass is 32.1. The molecule has 2 aromatic rings. The fourth-order valence-electron chi connectivity index (χ4n) is 3.42. The summed E-state index contributed by atoms with van der Waals surface area (Å²) in [5, 5.41) is 5.59. The van der Waals surface area contributed by atoms with Crippen molar-refractivity contribution >= 4 is 22.4 Å². The molecule has 7 nitrogen and oxygen atoms in total. The number of thiazole rings is 1. The van der Waals surface area contributed by atoms with Crippen LogP contribution >= 0.6 is 11.3 Å². The van der Waals surface area contributed by atoms with Crippen molar-refractivity contribution in [2.75, 3.05) is 46.1 Å². The molecule has 26 heavy (non-hydrogen) atoms. The Morgan fingerprint density at radius 1 is 1.38 bits per heavy atom. The van der Waals surface area contributed by atoms with Gasteiger partial charge in [0.15, 0.2) is 5.13 Å². The summed E-state index contributed by atoms with van der Waals surface area (Å²) < 4.78 is 2.28. The van der Waals surface area contributed by atoms with E-state index < -0.39 is 0 Å². The molecule has 1 fully saturated rings. The van der Waals surface area contributed by atoms with E-state index in [2.05, 4.69) is 45.0 Å². The van der Waals surface area contributed by atoms with Crippen LogP contribution < -0.4 is 5.32 Å². The van der Waals surface area contributed by atoms with E-state index in [1.807, 2.05) is 23.5 Å². The summed E-state index contributed by atoms with van der Waals surface area (Å²) in [7, 11) is 6.02. The molecule has 0 aliphatic carbocycles. The second kappa shape index (κ2) is 8.64. The second-order valence-electron chi connectivity index (χ2n) is 6.99. The number of likely N-dealkylation sites (tertiary alicyclic amines) is 1. The predicted molar refractivity (Wildman–Crippen MR) is 105 cm³/mol. The van der Waals surface area contributed by atoms with Crippen molar-refractivity contribution < 1.29 is 4.79 Å². The second-order valence-corrected chi connectivity index (χ2v) is 7.85. The Labute approximate surface area is 159 Å². The van der Waals surface area contributed by atoms with E-state index in [9.17, 15) is 4.79 Å². The zero-order chi connectivity index (χ0) is 18.5. The zero-order valence-corrected chi connectivity index (χ0v) is 16.6. The van der Waals surface area contributed by atoms with Gasteiger partial charge in [-0.3, -0.25) is 4.79 Å². The quantitative estimate of drug-likeness (QED) is 0.803. The fraction of sp³-hybridized carbons (Fsp3) is 0.611. The van der Waals surface area contributed by atoms with E-state index in [-0.39, 0.29) is 5.91 Å². The summed E-state index contributed by atoms with van der Waals surface area (Å²) in [6.07, 6.45) is 7.01. The smallest absolute Gasteiger partial charge is 0.273 e. The van der Waals surface area contributed by atoms with E-state index in [4.69, 9.17) is 0 Å². The first-order chi connectivity index (χ1) is 12.6. The average Bonchev–Trinajstić information content (AvgIpc) is 3.30. The number of nitrogens with one attached hydrogen (secondary N) is 1. The molecule has 1 saturated heterocycles. The first kappa shape index (κ1) is 18.8. The van der Waals surface area contributed by atoms with E-state index in [1.54, 1.807) is 0 Å². The minimum absolute atomic E-state index is 0.0375. The lowest BCUT2D eigenvalue weighted by Gasteiger charge is -2.31. The molecular weight excluding hydrogens is 348 g/mol. The standard InChI is InChI=1S/C18H28N6OS/c1-19-18-21-15(13-26-18)17(25)24-10-5-14(6-11-24)16-20-7-12-23(16)9-4-8-22(2)3/h7,12-14H,4-6,8-11H2,1-3H3,(H,19,21). The van der Waals surface area contributed by atoms with Gasteiger partial charge in [0.25, 0.3) is 5.91 Å². The van der Waals surface area contributed by atoms with Crippen molar-refractivity contribution in [3.05, 3.63) is 29.3 Å². The van der Waals surface area contributed by atoms with Gasteiger partial charge in [0.1, 0.15) is 11.5 Å². The van der Waals surface area contributed by atoms with Gasteiger partial charge in [0.2, 0.25) is 0 Å². The lowest BCUT2D eigenvalue weighted by Crippen LogP contribution is -2.38. The van der Waals surface area contributed by atoms with Gasteiger partial charge >= 0.3 is 0 Å². The van der Waals surface area contributed by atoms with E-state index >= 15 is 0 Å². The van der Waals surface area contributed by atoms with Gasteiger partial charge in [0.05, 0.1) is 0 Å². The van der Waals surface area contributed by atoms with Crippen molar-refractivity contribution in [2.45, 2.75) is 31.7 Å². The fourth-order valence-corrected chi connectivity index (χ4v) is 4.06. The molecule has 1 amide bonds. The third kappa shape index (κ3) is 4.42. The topological polar surface area (TPSA) is 66.3 Å². The number of nitrogens with zero attached hydrogens (tertiary/aromatic N) is 5. The molecule has 8 heteroatoms. The molecule has 0 atom stereocenters. The van der Waals surface area contributed by atoms with Crippen LogP contribution in [0.25, 0.3) is 0 Å². The molecule has 1 aliphatic rings. The molecule has 1 N–H and O–H groups in total. The maximum atomic E-state index is 12.6. The Kier molecular flexibility index (Phi) is 6.26. The van der Waals surface area contributed by atoms with Crippen LogP contribution in [0.3, 0.4) is 0 Å². The Hall–Kier alpha value is -1.93. The van der Waals surface area contributed by atoms with E-state index in [0.29, 0.717) is 11.6 Å². The number of hydrogen-bond donors (Lipinski definition) is 1. The lowest BCUT2D eigenvalue weighted by atomic mass is 9.95. The van der Waals surface area contributed by atoms with Crippen molar-refractivity contribution in [3.8, 4) is 0 Å². The number of carbonyl (C=O) groups excluding carboxylic acids is 1. The number of hydrogen-bond acceptors (Lipinski definition) is 6. The largest absolute Gasteiger partial charge is 0.365 e. The van der Waals surface area contributed by atoms with Crippen LogP contribution in [0.5, 0.6) is 0 Å². The van der Waals surface area contributed by atoms with Crippen LogP contribution in [0.1, 0.15) is 41.5 Å². The van der Waals surface area contributed by atoms with E-state index in [1.165, 1.54) is 17.2 Å². The van der Waals surface area contributed by atoms with Gasteiger partial charge in [-0.15, -0.1) is 11.3 Å². The van der Waals surface area contributed by atoms with Crippen LogP contribution in [0, 0.1) is 0 Å². The number of piperidine rings is 1. The van der Waals surface area contributed by atoms with Crippen LogP contribution in [-0.2, 0) is 6.54 Å². The van der Waals surface area contributed by atoms with Crippen molar-refractivity contribution in [1.29, 1.82) is 0 Å². The van der Waals surface area contributed by atoms with Crippen LogP contribution in [-0.4, -0.2) is 71.0 Å². The predicted octanol–water partition coefficient (Wildman–Crippen LogP) is 2.35. The zero-order valence-electron chi connectivity index (χ0n) is 15.8. The van der Waals surface area contributed by atoms with Gasteiger partial charge in [0, 0.05) is 50.4 Å². The molecule has 0 bridgehead atoms. The first-order valence-corrected chi connectivity index (χ1v) is 10.0. The van der Waals surface area contributed by atoms with Gasteiger partial charge in [-0.25, -0.2) is 9.97 Å². The molecule has 3 rings (SSSR count). The Morgan fingerprint density at radius 2 is 2.15 bits per heavy atom. The summed E-state index contributed by atoms with van der Waals surface area (Å²) in [6, 6.07) is 0. The highest BCUT2D eigenvalue weighted by Gasteiger charge is 2.27. The van der Waals surface area contributed by atoms with Crippen molar-refractivity contribution in [2.24, 2.45) is 0 Å². The molecule has 0 radical (unpaired) electrons. The number of aryl methyl sites for hydroxylation is 1. The summed E-state index contributed by atoms with van der Waals surface area (Å²) in [4.78, 5) is 25.7. The third-order valence-electron chi connectivity index (χ3n) is 4.84. The summed E-state index contributed by atoms with van der Waals surface area (Å²) in [5.74, 6) is 1.63. The molecule has 0 unspecified atom stereocenters. The minimum atomic E-state index is 0.0375. The monoisotopic (exact) mass is 376 g/mol. The summed E-state index contributed by atoms with van der Waals surface area (Å²) >= 11 is 1.47. The highest BCUT2D eigenvalue weighted by molar-refractivity contribution is 7.13. The van der Waals surface area contributed by atoms with E-state index in [0.717, 1.165) is 50.6 Å². The number of anilines is 1. The minimum Gasteiger partial charge on any atom is -0.365 e. The first-order valence-electron chi connectivity index (χ1n) is 9.16. The van der Waals surface area contributed by atoms with Crippen LogP contribution in [0.15, 0.2) is 17.8 Å². The molecular formula is C18H28N6OS. The average molecular weight is 377 g/mol. The molecule has 3 heterocycles. The van der Waals surface area contributed by atoms with Gasteiger partial charge in [-0.1, -0.05) is 0 Å². The van der Waals surface area contributed by atoms with Crippen molar-refractivity contribution in [3.63, 3.8) is 0 Å². The summed E-state index contributed by atoms with van der Waals surface area (Å²) in [5.41, 5.74) is 0.544. The molecule has 1 aliphatic heterocycles. The maximum absolute atomic E-state index is 12.6. The van der Waals surface area contributed by atoms with Crippen molar-refractivity contribution in [1.82, 2.24) is 24.3 Å². The molecule has 2 aromatic heterocycles. The summed E-state index contributed by atoms with van der Waals surface area (Å²) in [6.45, 7) is 3.60. The Balaban J connectivity index is 1.55. The van der Waals surface area contributed by atoms with Crippen LogP contribution in [0.2, 0.25) is 0 Å². The SMILES string of the molecule is CNc1nc(C(=O)N2CCC(c3nccn3CCCN(C)C)CC2)cs1. The lowest BCUT2D eigenvalue weighted by molar-refractivity contribution is 0.0705. The number of aromatic nitrogens is 3. The van der Waals surface area contributed by atoms with Gasteiger partial charge < -0.3 is 19.7 Å². The number of amides is 1. The third-order valence-corrected chi connectivity index (χ3v) is 5.70. The van der Waals surface area contributed by atoms with Gasteiger partial charge in [-0.2, -0.15) is 0 Å². The molecule has 142 valence electrons. The molecule has 0 spiro atoms. The number of imidazole rings is 1. The van der Waals surface area contributed by atoms with Crippen LogP contribution in [0.4, 0.5) is 5.13 Å².